The highest BCUT2D eigenvalue weighted by atomic mass is 16.5. The normalized spacial score (nSPS) is 20.7. The predicted octanol–water partition coefficient (Wildman–Crippen LogP) is 1.85. The second kappa shape index (κ2) is 8.13. The molecule has 7 nitrogen and oxygen atoms in total. The van der Waals surface area contributed by atoms with Gasteiger partial charge >= 0.3 is 5.97 Å². The highest BCUT2D eigenvalue weighted by Gasteiger charge is 2.47. The van der Waals surface area contributed by atoms with Gasteiger partial charge in [0.15, 0.2) is 17.2 Å². The van der Waals surface area contributed by atoms with Crippen molar-refractivity contribution in [3.8, 4) is 0 Å². The molecule has 0 saturated carbocycles. The van der Waals surface area contributed by atoms with Gasteiger partial charge in [-0.3, -0.25) is 4.79 Å². The Balaban J connectivity index is 2.19. The Labute approximate surface area is 146 Å². The fraction of sp³-hybridized carbons (Fsp3) is 0.444. The van der Waals surface area contributed by atoms with Crippen molar-refractivity contribution >= 4 is 11.8 Å². The Hall–Kier alpha value is -2.38. The molecule has 2 N–H and O–H groups in total. The molecule has 0 saturated heterocycles. The maximum absolute atomic E-state index is 12.2. The maximum atomic E-state index is 12.2. The van der Waals surface area contributed by atoms with Crippen LogP contribution in [0.3, 0.4) is 0 Å². The van der Waals surface area contributed by atoms with Crippen LogP contribution in [0, 0.1) is 5.92 Å². The highest BCUT2D eigenvalue weighted by molar-refractivity contribution is 6.00. The van der Waals surface area contributed by atoms with Crippen LogP contribution in [-0.2, 0) is 14.3 Å². The number of carboxylic acid groups (broad SMARTS) is 1. The lowest BCUT2D eigenvalue weighted by Gasteiger charge is -2.31. The van der Waals surface area contributed by atoms with Gasteiger partial charge in [-0.15, -0.1) is 0 Å². The van der Waals surface area contributed by atoms with Crippen molar-refractivity contribution in [1.29, 1.82) is 0 Å². The topological polar surface area (TPSA) is 110 Å². The quantitative estimate of drug-likeness (QED) is 0.739. The summed E-state index contributed by atoms with van der Waals surface area (Å²) >= 11 is 0. The van der Waals surface area contributed by atoms with E-state index in [0.717, 1.165) is 6.42 Å². The lowest BCUT2D eigenvalue weighted by molar-refractivity contribution is -0.176. The number of ketones is 1. The van der Waals surface area contributed by atoms with Gasteiger partial charge in [0.05, 0.1) is 12.5 Å². The van der Waals surface area contributed by atoms with Gasteiger partial charge in [0.2, 0.25) is 0 Å². The standard InChI is InChI=1S/C18H22N2O5/c1-3-5-15(16-19-8-4-9-20-16)25-11-18(24,17(22)23)13-7-6-12(2)10-14(13)21/h4,6-10,13,15,24H,3,5,11H2,1-2H3,(H,22,23). The molecule has 0 aliphatic heterocycles. The first kappa shape index (κ1) is 19.0. The molecule has 0 amide bonds. The SMILES string of the molecule is CCCC(OCC(O)(C(=O)O)C1C=CC(C)=CC1=O)c1ncccn1. The summed E-state index contributed by atoms with van der Waals surface area (Å²) in [5.74, 6) is -2.75. The summed E-state index contributed by atoms with van der Waals surface area (Å²) in [6, 6.07) is 1.67. The van der Waals surface area contributed by atoms with Gasteiger partial charge in [-0.2, -0.15) is 0 Å². The molecule has 0 aromatic carbocycles. The number of carbonyl (C=O) groups excluding carboxylic acids is 1. The van der Waals surface area contributed by atoms with Crippen LogP contribution in [-0.4, -0.2) is 44.1 Å². The minimum atomic E-state index is -2.36. The van der Waals surface area contributed by atoms with Crippen molar-refractivity contribution in [2.45, 2.75) is 38.4 Å². The van der Waals surface area contributed by atoms with Crippen molar-refractivity contribution < 1.29 is 24.5 Å². The van der Waals surface area contributed by atoms with Crippen LogP contribution in [0.1, 0.15) is 38.6 Å². The summed E-state index contributed by atoms with van der Waals surface area (Å²) in [7, 11) is 0. The monoisotopic (exact) mass is 346 g/mol. The van der Waals surface area contributed by atoms with E-state index in [1.54, 1.807) is 31.5 Å². The molecule has 3 atom stereocenters. The number of aromatic nitrogens is 2. The third kappa shape index (κ3) is 4.37. The predicted molar refractivity (Wildman–Crippen MR) is 89.6 cm³/mol. The Morgan fingerprint density at radius 2 is 2.08 bits per heavy atom. The summed E-state index contributed by atoms with van der Waals surface area (Å²) in [5, 5.41) is 20.2. The highest BCUT2D eigenvalue weighted by Crippen LogP contribution is 2.29. The zero-order valence-electron chi connectivity index (χ0n) is 14.3. The van der Waals surface area contributed by atoms with Crippen LogP contribution in [0.5, 0.6) is 0 Å². The van der Waals surface area contributed by atoms with Crippen molar-refractivity contribution in [2.75, 3.05) is 6.61 Å². The number of hydrogen-bond acceptors (Lipinski definition) is 6. The van der Waals surface area contributed by atoms with E-state index in [1.807, 2.05) is 6.92 Å². The van der Waals surface area contributed by atoms with E-state index in [2.05, 4.69) is 9.97 Å². The zero-order valence-corrected chi connectivity index (χ0v) is 14.3. The van der Waals surface area contributed by atoms with E-state index >= 15 is 0 Å². The minimum Gasteiger partial charge on any atom is -0.479 e. The molecular formula is C18H22N2O5. The van der Waals surface area contributed by atoms with E-state index in [4.69, 9.17) is 4.74 Å². The van der Waals surface area contributed by atoms with Gasteiger partial charge in [-0.25, -0.2) is 14.8 Å². The molecule has 1 aromatic heterocycles. The van der Waals surface area contributed by atoms with Crippen molar-refractivity contribution in [2.24, 2.45) is 5.92 Å². The Bertz CT molecular complexity index is 686. The van der Waals surface area contributed by atoms with Crippen molar-refractivity contribution in [3.05, 3.63) is 48.1 Å². The summed E-state index contributed by atoms with van der Waals surface area (Å²) in [6.07, 6.45) is 8.25. The number of ether oxygens (including phenoxy) is 1. The summed E-state index contributed by atoms with van der Waals surface area (Å²) in [6.45, 7) is 3.13. The van der Waals surface area contributed by atoms with Crippen molar-refractivity contribution in [3.63, 3.8) is 0 Å². The van der Waals surface area contributed by atoms with Gasteiger partial charge in [0, 0.05) is 12.4 Å². The molecule has 0 fully saturated rings. The first-order valence-electron chi connectivity index (χ1n) is 8.13. The fourth-order valence-electron chi connectivity index (χ4n) is 2.64. The maximum Gasteiger partial charge on any atom is 0.339 e. The molecule has 25 heavy (non-hydrogen) atoms. The number of nitrogens with zero attached hydrogens (tertiary/aromatic N) is 2. The number of hydrogen-bond donors (Lipinski definition) is 2. The van der Waals surface area contributed by atoms with Crippen LogP contribution < -0.4 is 0 Å². The van der Waals surface area contributed by atoms with E-state index < -0.39 is 36.0 Å². The minimum absolute atomic E-state index is 0.415. The van der Waals surface area contributed by atoms with Crippen LogP contribution in [0.4, 0.5) is 0 Å². The molecule has 1 aliphatic rings. The number of aliphatic hydroxyl groups is 1. The molecule has 0 bridgehead atoms. The lowest BCUT2D eigenvalue weighted by atomic mass is 9.81. The smallest absolute Gasteiger partial charge is 0.339 e. The Morgan fingerprint density at radius 1 is 1.40 bits per heavy atom. The van der Waals surface area contributed by atoms with E-state index in [1.165, 1.54) is 12.2 Å². The van der Waals surface area contributed by atoms with E-state index in [-0.39, 0.29) is 0 Å². The third-order valence-electron chi connectivity index (χ3n) is 4.04. The second-order valence-electron chi connectivity index (χ2n) is 6.05. The van der Waals surface area contributed by atoms with Gasteiger partial charge in [-0.05, 0) is 31.1 Å². The van der Waals surface area contributed by atoms with E-state index in [9.17, 15) is 19.8 Å². The van der Waals surface area contributed by atoms with Crippen LogP contribution in [0.2, 0.25) is 0 Å². The zero-order chi connectivity index (χ0) is 18.4. The number of aliphatic carboxylic acids is 1. The Kier molecular flexibility index (Phi) is 6.17. The molecule has 7 heteroatoms. The molecule has 1 aliphatic carbocycles. The van der Waals surface area contributed by atoms with Gasteiger partial charge in [-0.1, -0.05) is 25.5 Å². The fourth-order valence-corrected chi connectivity index (χ4v) is 2.64. The summed E-state index contributed by atoms with van der Waals surface area (Å²) in [5.41, 5.74) is -1.65. The molecule has 134 valence electrons. The largest absolute Gasteiger partial charge is 0.479 e. The van der Waals surface area contributed by atoms with E-state index in [0.29, 0.717) is 17.8 Å². The average molecular weight is 346 g/mol. The number of carboxylic acids is 1. The molecule has 0 radical (unpaired) electrons. The second-order valence-corrected chi connectivity index (χ2v) is 6.05. The van der Waals surface area contributed by atoms with Crippen LogP contribution in [0.25, 0.3) is 0 Å². The molecule has 1 heterocycles. The molecule has 0 spiro atoms. The number of allylic oxidation sites excluding steroid dienone is 3. The summed E-state index contributed by atoms with van der Waals surface area (Å²) < 4.78 is 5.66. The molecule has 2 rings (SSSR count). The number of rotatable bonds is 8. The first-order valence-corrected chi connectivity index (χ1v) is 8.13. The Morgan fingerprint density at radius 3 is 2.64 bits per heavy atom. The van der Waals surface area contributed by atoms with Crippen LogP contribution >= 0.6 is 0 Å². The third-order valence-corrected chi connectivity index (χ3v) is 4.04. The van der Waals surface area contributed by atoms with Crippen molar-refractivity contribution in [1.82, 2.24) is 9.97 Å². The first-order chi connectivity index (χ1) is 11.9. The summed E-state index contributed by atoms with van der Waals surface area (Å²) in [4.78, 5) is 32.1. The van der Waals surface area contributed by atoms with Crippen LogP contribution in [0.15, 0.2) is 42.3 Å². The molecule has 1 aromatic rings. The molecular weight excluding hydrogens is 324 g/mol. The lowest BCUT2D eigenvalue weighted by Crippen LogP contribution is -2.52. The van der Waals surface area contributed by atoms with Gasteiger partial charge in [0.1, 0.15) is 6.10 Å². The average Bonchev–Trinajstić information content (AvgIpc) is 2.59. The van der Waals surface area contributed by atoms with Gasteiger partial charge in [0.25, 0.3) is 0 Å². The molecule has 3 unspecified atom stereocenters. The number of carbonyl (C=O) groups is 2. The van der Waals surface area contributed by atoms with Gasteiger partial charge < -0.3 is 14.9 Å².